The Morgan fingerprint density at radius 1 is 1.47 bits per heavy atom. The summed E-state index contributed by atoms with van der Waals surface area (Å²) in [5.41, 5.74) is 4.90. The van der Waals surface area contributed by atoms with Crippen LogP contribution in [-0.2, 0) is 4.74 Å². The second-order valence-electron chi connectivity index (χ2n) is 4.55. The number of pyridine rings is 1. The standard InChI is InChI=1S/C6H5BrN2O2.C5H11NO2/c1-4-2-3-5(7)6(8-4)9(10)11;1-5(2,3)8-4(6)7/h2-3H,1H3;1-3H3,(H2,6,7). The average Bonchev–Trinajstić information content (AvgIpc) is 2.18. The highest BCUT2D eigenvalue weighted by atomic mass is 79.9. The number of carbonyl (C=O) groups is 1. The van der Waals surface area contributed by atoms with Gasteiger partial charge < -0.3 is 20.6 Å². The molecule has 0 saturated carbocycles. The van der Waals surface area contributed by atoms with E-state index in [0.29, 0.717) is 10.2 Å². The van der Waals surface area contributed by atoms with Crippen LogP contribution < -0.4 is 5.73 Å². The average molecular weight is 334 g/mol. The Morgan fingerprint density at radius 2 is 2.00 bits per heavy atom. The molecule has 0 saturated heterocycles. The van der Waals surface area contributed by atoms with Crippen molar-refractivity contribution in [2.45, 2.75) is 33.3 Å². The van der Waals surface area contributed by atoms with Crippen molar-refractivity contribution in [2.75, 3.05) is 0 Å². The number of hydrogen-bond donors (Lipinski definition) is 1. The number of aryl methyl sites for hydroxylation is 1. The summed E-state index contributed by atoms with van der Waals surface area (Å²) in [4.78, 5) is 23.5. The van der Waals surface area contributed by atoms with E-state index in [0.717, 1.165) is 0 Å². The Bertz CT molecular complexity index is 471. The molecule has 106 valence electrons. The zero-order chi connectivity index (χ0) is 15.2. The largest absolute Gasteiger partial charge is 0.444 e. The van der Waals surface area contributed by atoms with Crippen molar-refractivity contribution in [3.8, 4) is 0 Å². The molecule has 0 aliphatic rings. The lowest BCUT2D eigenvalue weighted by Gasteiger charge is -2.16. The Balaban J connectivity index is 0.000000362. The number of nitrogens with zero attached hydrogens (tertiary/aromatic N) is 2. The summed E-state index contributed by atoms with van der Waals surface area (Å²) < 4.78 is 4.99. The Kier molecular flexibility index (Phi) is 6.40. The van der Waals surface area contributed by atoms with Gasteiger partial charge in [0, 0.05) is 6.92 Å². The van der Waals surface area contributed by atoms with Crippen molar-refractivity contribution in [1.29, 1.82) is 0 Å². The summed E-state index contributed by atoms with van der Waals surface area (Å²) in [6.45, 7) is 6.99. The first-order valence-corrected chi connectivity index (χ1v) is 6.08. The number of primary amides is 1. The van der Waals surface area contributed by atoms with Crippen molar-refractivity contribution < 1.29 is 14.5 Å². The van der Waals surface area contributed by atoms with Crippen molar-refractivity contribution >= 4 is 27.8 Å². The Morgan fingerprint density at radius 3 is 2.26 bits per heavy atom. The molecule has 2 N–H and O–H groups in total. The molecule has 1 heterocycles. The molecule has 1 aromatic rings. The molecule has 0 fully saturated rings. The fraction of sp³-hybridized carbons (Fsp3) is 0.455. The molecule has 7 nitrogen and oxygen atoms in total. The van der Waals surface area contributed by atoms with E-state index in [1.807, 2.05) is 0 Å². The first kappa shape index (κ1) is 17.3. The molecule has 1 rings (SSSR count). The quantitative estimate of drug-likeness (QED) is 0.627. The summed E-state index contributed by atoms with van der Waals surface area (Å²) in [5.74, 6) is -0.134. The molecule has 0 aliphatic heterocycles. The number of amides is 1. The minimum atomic E-state index is -0.725. The van der Waals surface area contributed by atoms with Crippen LogP contribution in [-0.4, -0.2) is 21.6 Å². The maximum absolute atomic E-state index is 10.3. The van der Waals surface area contributed by atoms with Crippen molar-refractivity contribution in [1.82, 2.24) is 4.98 Å². The molecule has 0 spiro atoms. The molecule has 0 bridgehead atoms. The highest BCUT2D eigenvalue weighted by Crippen LogP contribution is 2.21. The number of nitro groups is 1. The minimum Gasteiger partial charge on any atom is -0.444 e. The molecule has 0 radical (unpaired) electrons. The van der Waals surface area contributed by atoms with Crippen LogP contribution in [0.15, 0.2) is 16.6 Å². The van der Waals surface area contributed by atoms with E-state index in [9.17, 15) is 14.9 Å². The van der Waals surface area contributed by atoms with Gasteiger partial charge in [0.05, 0.1) is 0 Å². The van der Waals surface area contributed by atoms with Crippen molar-refractivity contribution in [2.24, 2.45) is 5.73 Å². The van der Waals surface area contributed by atoms with Crippen LogP contribution in [0.3, 0.4) is 0 Å². The summed E-state index contributed by atoms with van der Waals surface area (Å²) in [6, 6.07) is 3.32. The number of rotatable bonds is 1. The maximum Gasteiger partial charge on any atom is 0.405 e. The van der Waals surface area contributed by atoms with E-state index in [1.165, 1.54) is 0 Å². The number of carbonyl (C=O) groups excluding carboxylic acids is 1. The van der Waals surface area contributed by atoms with Gasteiger partial charge in [0.25, 0.3) is 0 Å². The van der Waals surface area contributed by atoms with E-state index in [1.54, 1.807) is 39.8 Å². The predicted molar refractivity (Wildman–Crippen MR) is 73.7 cm³/mol. The van der Waals surface area contributed by atoms with Gasteiger partial charge in [-0.2, -0.15) is 0 Å². The lowest BCUT2D eigenvalue weighted by molar-refractivity contribution is -0.390. The van der Waals surface area contributed by atoms with E-state index in [-0.39, 0.29) is 5.82 Å². The molecule has 0 unspecified atom stereocenters. The number of ether oxygens (including phenoxy) is 1. The summed E-state index contributed by atoms with van der Waals surface area (Å²) >= 11 is 3.03. The number of hydrogen-bond acceptors (Lipinski definition) is 5. The maximum atomic E-state index is 10.3. The van der Waals surface area contributed by atoms with Crippen LogP contribution in [0.25, 0.3) is 0 Å². The first-order chi connectivity index (χ1) is 8.53. The van der Waals surface area contributed by atoms with E-state index >= 15 is 0 Å². The van der Waals surface area contributed by atoms with Crippen LogP contribution in [0.2, 0.25) is 0 Å². The molecule has 0 atom stereocenters. The lowest BCUT2D eigenvalue weighted by Crippen LogP contribution is -2.27. The van der Waals surface area contributed by atoms with Gasteiger partial charge in [-0.1, -0.05) is 0 Å². The Hall–Kier alpha value is -1.70. The van der Waals surface area contributed by atoms with Crippen molar-refractivity contribution in [3.05, 3.63) is 32.4 Å². The smallest absolute Gasteiger partial charge is 0.405 e. The third kappa shape index (κ3) is 8.09. The van der Waals surface area contributed by atoms with E-state index < -0.39 is 16.6 Å². The first-order valence-electron chi connectivity index (χ1n) is 5.29. The van der Waals surface area contributed by atoms with Crippen LogP contribution in [0.4, 0.5) is 10.6 Å². The normalized spacial score (nSPS) is 10.2. The highest BCUT2D eigenvalue weighted by Gasteiger charge is 2.13. The molecule has 19 heavy (non-hydrogen) atoms. The van der Waals surface area contributed by atoms with Gasteiger partial charge in [-0.15, -0.1) is 0 Å². The van der Waals surface area contributed by atoms with Crippen LogP contribution in [0, 0.1) is 17.0 Å². The molecular weight excluding hydrogens is 318 g/mol. The molecule has 8 heteroatoms. The van der Waals surface area contributed by atoms with Gasteiger partial charge in [-0.05, 0) is 58.7 Å². The van der Waals surface area contributed by atoms with E-state index in [4.69, 9.17) is 5.73 Å². The van der Waals surface area contributed by atoms with Crippen LogP contribution >= 0.6 is 15.9 Å². The van der Waals surface area contributed by atoms with Gasteiger partial charge in [-0.3, -0.25) is 0 Å². The van der Waals surface area contributed by atoms with Gasteiger partial charge in [-0.25, -0.2) is 4.79 Å². The molecule has 0 aliphatic carbocycles. The Labute approximate surface area is 119 Å². The van der Waals surface area contributed by atoms with Gasteiger partial charge in [0.15, 0.2) is 0 Å². The topological polar surface area (TPSA) is 108 Å². The zero-order valence-corrected chi connectivity index (χ0v) is 12.7. The third-order valence-corrected chi connectivity index (χ3v) is 2.17. The van der Waals surface area contributed by atoms with Gasteiger partial charge >= 0.3 is 11.9 Å². The summed E-state index contributed by atoms with van der Waals surface area (Å²) in [5, 5.41) is 10.3. The van der Waals surface area contributed by atoms with Gasteiger partial charge in [0.1, 0.15) is 15.8 Å². The second kappa shape index (κ2) is 7.03. The fourth-order valence-electron chi connectivity index (χ4n) is 0.956. The number of halogens is 1. The predicted octanol–water partition coefficient (Wildman–Crippen LogP) is 2.94. The number of aromatic nitrogens is 1. The number of nitrogens with two attached hydrogens (primary N) is 1. The lowest BCUT2D eigenvalue weighted by atomic mass is 10.2. The monoisotopic (exact) mass is 333 g/mol. The fourth-order valence-corrected chi connectivity index (χ4v) is 1.32. The minimum absolute atomic E-state index is 0.134. The van der Waals surface area contributed by atoms with Crippen molar-refractivity contribution in [3.63, 3.8) is 0 Å². The third-order valence-electron chi connectivity index (χ3n) is 1.55. The van der Waals surface area contributed by atoms with E-state index in [2.05, 4.69) is 25.7 Å². The molecule has 1 amide bonds. The van der Waals surface area contributed by atoms with Crippen LogP contribution in [0.5, 0.6) is 0 Å². The second-order valence-corrected chi connectivity index (χ2v) is 5.40. The molecule has 0 aromatic carbocycles. The SMILES string of the molecule is CC(C)(C)OC(N)=O.Cc1ccc(Br)c([N+](=O)[O-])n1. The zero-order valence-electron chi connectivity index (χ0n) is 11.1. The summed E-state index contributed by atoms with van der Waals surface area (Å²) in [6.07, 6.45) is -0.725. The van der Waals surface area contributed by atoms with Gasteiger partial charge in [0.2, 0.25) is 0 Å². The van der Waals surface area contributed by atoms with Crippen LogP contribution in [0.1, 0.15) is 26.5 Å². The molecule has 1 aromatic heterocycles. The highest BCUT2D eigenvalue weighted by molar-refractivity contribution is 9.10. The summed E-state index contributed by atoms with van der Waals surface area (Å²) in [7, 11) is 0. The molecular formula is C11H16BrN3O4.